The Balaban J connectivity index is 1.55. The molecule has 0 radical (unpaired) electrons. The molecule has 0 saturated heterocycles. The summed E-state index contributed by atoms with van der Waals surface area (Å²) in [6.07, 6.45) is 17.7. The molecule has 10 aliphatic carbocycles. The molecule has 0 aliphatic heterocycles. The van der Waals surface area contributed by atoms with Crippen LogP contribution in [0.5, 0.6) is 0 Å². The monoisotopic (exact) mass is 428 g/mol. The summed E-state index contributed by atoms with van der Waals surface area (Å²) in [4.78, 5) is 0. The molecular weight excluding hydrogens is 388 g/mol. The molecular formula is C30H40Si. The lowest BCUT2D eigenvalue weighted by Crippen LogP contribution is -2.35. The Hall–Kier alpha value is -1.00. The molecule has 1 heteroatoms. The topological polar surface area (TPSA) is 0 Å². The number of hydrogen-bond donors (Lipinski definition) is 0. The first-order valence-corrected chi connectivity index (χ1v) is 17.2. The van der Waals surface area contributed by atoms with E-state index in [0.717, 1.165) is 35.5 Å². The van der Waals surface area contributed by atoms with E-state index >= 15 is 0 Å². The molecule has 0 aromatic heterocycles. The van der Waals surface area contributed by atoms with Gasteiger partial charge in [-0.15, -0.1) is 5.54 Å². The van der Waals surface area contributed by atoms with Crippen LogP contribution in [0.2, 0.25) is 19.6 Å². The minimum atomic E-state index is -1.39. The summed E-state index contributed by atoms with van der Waals surface area (Å²) in [5.74, 6) is 9.83. The summed E-state index contributed by atoms with van der Waals surface area (Å²) >= 11 is 0. The molecule has 0 aromatic carbocycles. The quantitative estimate of drug-likeness (QED) is 0.272. The van der Waals surface area contributed by atoms with Gasteiger partial charge in [-0.3, -0.25) is 0 Å². The molecule has 0 amide bonds. The van der Waals surface area contributed by atoms with Gasteiger partial charge >= 0.3 is 0 Å². The first kappa shape index (κ1) is 19.5. The van der Waals surface area contributed by atoms with Crippen LogP contribution < -0.4 is 0 Å². The van der Waals surface area contributed by atoms with E-state index in [-0.39, 0.29) is 0 Å². The van der Waals surface area contributed by atoms with Gasteiger partial charge in [0.2, 0.25) is 0 Å². The number of fused-ring (bicyclic) bond motifs is 6. The molecule has 0 nitrogen and oxygen atoms in total. The van der Waals surface area contributed by atoms with Crippen LogP contribution in [-0.2, 0) is 0 Å². The van der Waals surface area contributed by atoms with Crippen molar-refractivity contribution in [1.29, 1.82) is 0 Å². The predicted octanol–water partition coefficient (Wildman–Crippen LogP) is 7.85. The third kappa shape index (κ3) is 2.79. The highest BCUT2D eigenvalue weighted by Gasteiger charge is 2.51. The molecule has 0 aromatic rings. The van der Waals surface area contributed by atoms with Gasteiger partial charge in [-0.05, 0) is 146 Å². The largest absolute Gasteiger partial charge is 0.131 e. The lowest BCUT2D eigenvalue weighted by molar-refractivity contribution is 0.260. The average molecular weight is 429 g/mol. The van der Waals surface area contributed by atoms with E-state index in [2.05, 4.69) is 31.1 Å². The molecule has 6 bridgehead atoms. The zero-order valence-electron chi connectivity index (χ0n) is 20.0. The zero-order valence-corrected chi connectivity index (χ0v) is 21.0. The summed E-state index contributed by atoms with van der Waals surface area (Å²) in [6.45, 7) is 7.35. The van der Waals surface area contributed by atoms with Gasteiger partial charge in [0.25, 0.3) is 0 Å². The van der Waals surface area contributed by atoms with Crippen molar-refractivity contribution in [2.75, 3.05) is 0 Å². The van der Waals surface area contributed by atoms with Gasteiger partial charge in [-0.25, -0.2) is 0 Å². The van der Waals surface area contributed by atoms with Crippen LogP contribution in [-0.4, -0.2) is 8.07 Å². The van der Waals surface area contributed by atoms with Gasteiger partial charge in [0.1, 0.15) is 8.07 Å². The Morgan fingerprint density at radius 3 is 1.16 bits per heavy atom. The van der Waals surface area contributed by atoms with Crippen molar-refractivity contribution in [3.63, 3.8) is 0 Å². The van der Waals surface area contributed by atoms with E-state index in [4.69, 9.17) is 0 Å². The summed E-state index contributed by atoms with van der Waals surface area (Å²) in [5.41, 5.74) is 15.5. The highest BCUT2D eigenvalue weighted by atomic mass is 28.3. The molecule has 0 N–H and O–H groups in total. The molecule has 164 valence electrons. The third-order valence-electron chi connectivity index (χ3n) is 10.4. The summed E-state index contributed by atoms with van der Waals surface area (Å²) in [5, 5.41) is 0. The van der Waals surface area contributed by atoms with Crippen molar-refractivity contribution in [3.05, 3.63) is 33.4 Å². The van der Waals surface area contributed by atoms with Gasteiger partial charge in [0, 0.05) is 0 Å². The second-order valence-electron chi connectivity index (χ2n) is 13.2. The van der Waals surface area contributed by atoms with Crippen LogP contribution in [0.15, 0.2) is 33.4 Å². The first-order valence-electron chi connectivity index (χ1n) is 13.7. The summed E-state index contributed by atoms with van der Waals surface area (Å²) in [6, 6.07) is 0. The van der Waals surface area contributed by atoms with Crippen LogP contribution in [0.3, 0.4) is 0 Å². The fraction of sp³-hybridized carbons (Fsp3) is 0.733. The van der Waals surface area contributed by atoms with Crippen molar-refractivity contribution in [3.8, 4) is 11.5 Å². The highest BCUT2D eigenvalue weighted by molar-refractivity contribution is 6.83. The Morgan fingerprint density at radius 1 is 0.484 bits per heavy atom. The fourth-order valence-electron chi connectivity index (χ4n) is 9.28. The summed E-state index contributed by atoms with van der Waals surface area (Å²) in [7, 11) is -1.39. The number of hydrogen-bond acceptors (Lipinski definition) is 0. The lowest BCUT2D eigenvalue weighted by atomic mass is 9.56. The maximum atomic E-state index is 4.10. The summed E-state index contributed by atoms with van der Waals surface area (Å²) < 4.78 is 0. The average Bonchev–Trinajstić information content (AvgIpc) is 2.96. The van der Waals surface area contributed by atoms with Crippen molar-refractivity contribution in [2.45, 2.75) is 96.7 Å². The maximum absolute atomic E-state index is 4.10. The first-order chi connectivity index (χ1) is 15.0. The molecule has 0 atom stereocenters. The van der Waals surface area contributed by atoms with Crippen molar-refractivity contribution in [1.82, 2.24) is 0 Å². The van der Waals surface area contributed by atoms with Gasteiger partial charge in [0.05, 0.1) is 5.92 Å². The molecule has 10 aliphatic rings. The van der Waals surface area contributed by atoms with Crippen LogP contribution in [0.1, 0.15) is 77.0 Å². The number of rotatable bonds is 0. The Labute approximate surface area is 191 Å². The molecule has 0 unspecified atom stereocenters. The highest BCUT2D eigenvalue weighted by Crippen LogP contribution is 2.64. The van der Waals surface area contributed by atoms with Crippen molar-refractivity contribution in [2.24, 2.45) is 41.4 Å². The van der Waals surface area contributed by atoms with E-state index in [1.807, 2.05) is 33.4 Å². The van der Waals surface area contributed by atoms with E-state index in [0.29, 0.717) is 5.92 Å². The normalized spacial score (nSPS) is 42.7. The van der Waals surface area contributed by atoms with Crippen LogP contribution in [0.4, 0.5) is 0 Å². The number of allylic oxidation sites excluding steroid dienone is 6. The van der Waals surface area contributed by atoms with E-state index in [1.54, 1.807) is 0 Å². The van der Waals surface area contributed by atoms with Crippen LogP contribution in [0, 0.1) is 52.9 Å². The van der Waals surface area contributed by atoms with Crippen molar-refractivity contribution >= 4 is 8.07 Å². The Bertz CT molecular complexity index is 898. The van der Waals surface area contributed by atoms with Gasteiger partial charge in [0.15, 0.2) is 0 Å². The van der Waals surface area contributed by atoms with Gasteiger partial charge < -0.3 is 0 Å². The molecule has 0 spiro atoms. The molecule has 31 heavy (non-hydrogen) atoms. The van der Waals surface area contributed by atoms with E-state index in [9.17, 15) is 0 Å². The Kier molecular flexibility index (Phi) is 4.24. The van der Waals surface area contributed by atoms with Crippen LogP contribution >= 0.6 is 0 Å². The SMILES string of the molecule is C[Si](C)(C)C#CC1C2=C(C3=C(C4=C1C1CCC4CC1)C1CCC3CC1)C1CCC2CC1. The minimum absolute atomic E-state index is 0.503. The minimum Gasteiger partial charge on any atom is -0.131 e. The van der Waals surface area contributed by atoms with Gasteiger partial charge in [-0.1, -0.05) is 25.6 Å². The molecule has 0 heterocycles. The van der Waals surface area contributed by atoms with E-state index < -0.39 is 8.07 Å². The molecule has 10 rings (SSSR count). The lowest BCUT2D eigenvalue weighted by Gasteiger charge is -2.48. The molecule has 3 fully saturated rings. The van der Waals surface area contributed by atoms with Crippen molar-refractivity contribution < 1.29 is 0 Å². The second-order valence-corrected chi connectivity index (χ2v) is 17.9. The Morgan fingerprint density at radius 2 is 0.806 bits per heavy atom. The third-order valence-corrected chi connectivity index (χ3v) is 11.3. The standard InChI is InChI=1S/C30H40Si/c1-31(2,3)17-16-24-25-18-4-8-20(9-5-18)27(25)29-22-12-14-23(15-13-22)30(29)28-21-10-6-19(7-11-21)26(24)28/h18-24H,4-15H2,1-3H3. The predicted molar refractivity (Wildman–Crippen MR) is 132 cm³/mol. The second kappa shape index (κ2) is 6.76. The van der Waals surface area contributed by atoms with Gasteiger partial charge in [-0.2, -0.15) is 0 Å². The molecule has 3 saturated carbocycles. The zero-order chi connectivity index (χ0) is 20.9. The van der Waals surface area contributed by atoms with Crippen LogP contribution in [0.25, 0.3) is 0 Å². The fourth-order valence-corrected chi connectivity index (χ4v) is 9.86. The smallest absolute Gasteiger partial charge is 0.129 e. The van der Waals surface area contributed by atoms with E-state index in [1.165, 1.54) is 77.0 Å². The maximum Gasteiger partial charge on any atom is 0.129 e.